The fourth-order valence-corrected chi connectivity index (χ4v) is 12.1. The zero-order valence-electron chi connectivity index (χ0n) is 29.9. The molecule has 3 heteroatoms. The Labute approximate surface area is 321 Å². The van der Waals surface area contributed by atoms with Gasteiger partial charge in [-0.3, -0.25) is 0 Å². The smallest absolute Gasteiger partial charge is 0.0541 e. The first-order valence-corrected chi connectivity index (χ1v) is 20.3. The number of hydrogen-bond acceptors (Lipinski definition) is 2. The predicted octanol–water partition coefficient (Wildman–Crippen LogP) is 15.2. The monoisotopic (exact) mass is 723 g/mol. The van der Waals surface area contributed by atoms with Crippen LogP contribution in [0.15, 0.2) is 164 Å². The zero-order valence-corrected chi connectivity index (χ0v) is 31.5. The van der Waals surface area contributed by atoms with Crippen LogP contribution in [0.3, 0.4) is 0 Å². The minimum Gasteiger partial charge on any atom is -0.309 e. The number of hydrogen-bond donors (Lipinski definition) is 0. The Hall–Kier alpha value is -6.00. The van der Waals surface area contributed by atoms with Gasteiger partial charge in [-0.15, -0.1) is 22.7 Å². The molecule has 12 rings (SSSR count). The number of nitrogens with zero attached hydrogens (tertiary/aromatic N) is 1. The molecule has 0 atom stereocenters. The Kier molecular flexibility index (Phi) is 6.22. The second-order valence-electron chi connectivity index (χ2n) is 15.2. The number of benzene rings is 8. The summed E-state index contributed by atoms with van der Waals surface area (Å²) in [6, 6.07) is 61.2. The van der Waals surface area contributed by atoms with Crippen LogP contribution in [-0.4, -0.2) is 4.57 Å². The minimum absolute atomic E-state index is 0.00341. The number of fused-ring (bicyclic) bond motifs is 13. The molecule has 0 bridgehead atoms. The summed E-state index contributed by atoms with van der Waals surface area (Å²) >= 11 is 3.85. The molecule has 254 valence electrons. The van der Waals surface area contributed by atoms with E-state index >= 15 is 0 Å². The molecule has 3 heterocycles. The van der Waals surface area contributed by atoms with Crippen molar-refractivity contribution in [3.8, 4) is 39.1 Å². The average Bonchev–Trinajstić information content (AvgIpc) is 3.95. The van der Waals surface area contributed by atoms with Gasteiger partial charge in [0.1, 0.15) is 0 Å². The first kappa shape index (κ1) is 30.5. The first-order chi connectivity index (χ1) is 26.5. The van der Waals surface area contributed by atoms with Crippen LogP contribution in [0.4, 0.5) is 0 Å². The molecular formula is C51H33NS2. The van der Waals surface area contributed by atoms with Crippen molar-refractivity contribution in [3.63, 3.8) is 0 Å². The molecule has 0 N–H and O–H groups in total. The molecule has 11 aromatic rings. The second kappa shape index (κ2) is 11.0. The first-order valence-electron chi connectivity index (χ1n) is 18.7. The lowest BCUT2D eigenvalue weighted by molar-refractivity contribution is 0.661. The molecule has 1 nitrogen and oxygen atoms in total. The molecule has 0 radical (unpaired) electrons. The molecule has 0 fully saturated rings. The summed E-state index contributed by atoms with van der Waals surface area (Å²) in [5.74, 6) is 0. The Bertz CT molecular complexity index is 3350. The average molecular weight is 724 g/mol. The summed E-state index contributed by atoms with van der Waals surface area (Å²) in [6.45, 7) is 4.74. The maximum Gasteiger partial charge on any atom is 0.0541 e. The molecule has 0 spiro atoms. The summed E-state index contributed by atoms with van der Waals surface area (Å²) < 4.78 is 7.87. The minimum atomic E-state index is -0.00341. The molecule has 1 aliphatic carbocycles. The molecule has 1 aliphatic rings. The SMILES string of the molecule is CC1(C)c2ccccc2-c2c1ccc1c2sc2c(-c3ccc(-n4c5ccccc5c5cc(-c6cccc7c6sc6ccccc67)ccc54)cc3)cccc21. The summed E-state index contributed by atoms with van der Waals surface area (Å²) in [5.41, 5.74) is 14.4. The fourth-order valence-electron chi connectivity index (χ4n) is 9.45. The molecule has 0 aliphatic heterocycles. The molecular weight excluding hydrogens is 691 g/mol. The quantitative estimate of drug-likeness (QED) is 0.171. The van der Waals surface area contributed by atoms with E-state index in [4.69, 9.17) is 0 Å². The topological polar surface area (TPSA) is 4.93 Å². The van der Waals surface area contributed by atoms with Crippen LogP contribution in [0.25, 0.3) is 101 Å². The third-order valence-electron chi connectivity index (χ3n) is 12.0. The Balaban J connectivity index is 0.988. The van der Waals surface area contributed by atoms with E-state index in [9.17, 15) is 0 Å². The van der Waals surface area contributed by atoms with E-state index in [1.807, 2.05) is 22.7 Å². The van der Waals surface area contributed by atoms with Crippen molar-refractivity contribution in [3.05, 3.63) is 175 Å². The summed E-state index contributed by atoms with van der Waals surface area (Å²) in [6.07, 6.45) is 0. The van der Waals surface area contributed by atoms with Crippen molar-refractivity contribution in [2.45, 2.75) is 19.3 Å². The van der Waals surface area contributed by atoms with E-state index < -0.39 is 0 Å². The Morgan fingerprint density at radius 1 is 0.407 bits per heavy atom. The summed E-state index contributed by atoms with van der Waals surface area (Å²) in [5, 5.41) is 7.91. The molecule has 0 amide bonds. The van der Waals surface area contributed by atoms with Gasteiger partial charge in [0.15, 0.2) is 0 Å². The van der Waals surface area contributed by atoms with Gasteiger partial charge in [-0.25, -0.2) is 0 Å². The lowest BCUT2D eigenvalue weighted by Gasteiger charge is -2.21. The Morgan fingerprint density at radius 2 is 1.02 bits per heavy atom. The van der Waals surface area contributed by atoms with E-state index in [0.29, 0.717) is 0 Å². The van der Waals surface area contributed by atoms with Crippen LogP contribution in [0, 0.1) is 0 Å². The predicted molar refractivity (Wildman–Crippen MR) is 235 cm³/mol. The lowest BCUT2D eigenvalue weighted by Crippen LogP contribution is -2.14. The van der Waals surface area contributed by atoms with Gasteiger partial charge >= 0.3 is 0 Å². The number of rotatable bonds is 3. The molecule has 0 saturated carbocycles. The molecule has 54 heavy (non-hydrogen) atoms. The zero-order chi connectivity index (χ0) is 35.7. The van der Waals surface area contributed by atoms with Crippen molar-refractivity contribution < 1.29 is 0 Å². The van der Waals surface area contributed by atoms with Crippen molar-refractivity contribution in [1.29, 1.82) is 0 Å². The van der Waals surface area contributed by atoms with Crippen molar-refractivity contribution in [1.82, 2.24) is 4.57 Å². The number of para-hydroxylation sites is 1. The van der Waals surface area contributed by atoms with Crippen molar-refractivity contribution >= 4 is 84.8 Å². The summed E-state index contributed by atoms with van der Waals surface area (Å²) in [7, 11) is 0. The van der Waals surface area contributed by atoms with E-state index in [-0.39, 0.29) is 5.41 Å². The van der Waals surface area contributed by atoms with Crippen LogP contribution in [0.5, 0.6) is 0 Å². The van der Waals surface area contributed by atoms with Crippen LogP contribution in [-0.2, 0) is 5.41 Å². The summed E-state index contributed by atoms with van der Waals surface area (Å²) in [4.78, 5) is 0. The highest BCUT2D eigenvalue weighted by Crippen LogP contribution is 2.54. The van der Waals surface area contributed by atoms with Crippen LogP contribution < -0.4 is 0 Å². The Morgan fingerprint density at radius 3 is 1.87 bits per heavy atom. The second-order valence-corrected chi connectivity index (χ2v) is 17.3. The highest BCUT2D eigenvalue weighted by Gasteiger charge is 2.36. The molecule has 8 aromatic carbocycles. The van der Waals surface area contributed by atoms with Gasteiger partial charge in [0.25, 0.3) is 0 Å². The van der Waals surface area contributed by atoms with Gasteiger partial charge < -0.3 is 4.57 Å². The third-order valence-corrected chi connectivity index (χ3v) is 14.5. The van der Waals surface area contributed by atoms with Gasteiger partial charge in [0.05, 0.1) is 11.0 Å². The third kappa shape index (κ3) is 4.09. The largest absolute Gasteiger partial charge is 0.309 e. The maximum absolute atomic E-state index is 2.43. The van der Waals surface area contributed by atoms with E-state index in [1.54, 1.807) is 0 Å². The van der Waals surface area contributed by atoms with Crippen LogP contribution >= 0.6 is 22.7 Å². The molecule has 0 unspecified atom stereocenters. The van der Waals surface area contributed by atoms with Gasteiger partial charge in [-0.1, -0.05) is 141 Å². The van der Waals surface area contributed by atoms with Gasteiger partial charge in [-0.05, 0) is 75.3 Å². The lowest BCUT2D eigenvalue weighted by atomic mass is 9.82. The van der Waals surface area contributed by atoms with Gasteiger partial charge in [0, 0.05) is 67.8 Å². The van der Waals surface area contributed by atoms with E-state index in [2.05, 4.69) is 182 Å². The maximum atomic E-state index is 2.43. The number of thiophene rings is 2. The number of aromatic nitrogens is 1. The van der Waals surface area contributed by atoms with Crippen LogP contribution in [0.2, 0.25) is 0 Å². The van der Waals surface area contributed by atoms with E-state index in [0.717, 1.165) is 0 Å². The standard InChI is InChI=1S/C51H33NS2/c1-51(2)42-18-6-3-13-40(42)47-43(51)27-26-39-38-17-9-14-33(49(38)54-50(39)47)30-21-24-32(25-22-30)52-44-19-7-4-11-35(44)41-29-31(23-28-45(41)52)34-15-10-16-37-36-12-5-8-20-46(36)53-48(34)37/h3-29H,1-2H3. The van der Waals surface area contributed by atoms with Crippen molar-refractivity contribution in [2.24, 2.45) is 0 Å². The highest BCUT2D eigenvalue weighted by atomic mass is 32.1. The van der Waals surface area contributed by atoms with E-state index in [1.165, 1.54) is 112 Å². The highest BCUT2D eigenvalue weighted by molar-refractivity contribution is 7.27. The molecule has 3 aromatic heterocycles. The normalized spacial score (nSPS) is 13.5. The van der Waals surface area contributed by atoms with Crippen LogP contribution in [0.1, 0.15) is 25.0 Å². The van der Waals surface area contributed by atoms with Gasteiger partial charge in [0.2, 0.25) is 0 Å². The van der Waals surface area contributed by atoms with Crippen molar-refractivity contribution in [2.75, 3.05) is 0 Å². The fraction of sp³-hybridized carbons (Fsp3) is 0.0588. The van der Waals surface area contributed by atoms with Gasteiger partial charge in [-0.2, -0.15) is 0 Å². The molecule has 0 saturated heterocycles.